The number of aliphatic hydroxyl groups excluding tert-OH is 4. The van der Waals surface area contributed by atoms with Gasteiger partial charge < -0.3 is 39.4 Å². The molecule has 0 fully saturated rings. The zero-order valence-electron chi connectivity index (χ0n) is 34.0. The third kappa shape index (κ3) is 14.1. The molecular weight excluding hydrogens is 989 g/mol. The van der Waals surface area contributed by atoms with Gasteiger partial charge in [-0.25, -0.2) is 0 Å². The largest absolute Gasteiger partial charge is 0.491 e. The highest BCUT2D eigenvalue weighted by molar-refractivity contribution is 8.01. The topological polar surface area (TPSA) is 221 Å². The molecular formula is C41H40N8O8S8. The van der Waals surface area contributed by atoms with Crippen LogP contribution in [0.5, 0.6) is 23.0 Å². The number of hydrogen-bond acceptors (Lipinski definition) is 24. The zero-order valence-corrected chi connectivity index (χ0v) is 40.6. The predicted octanol–water partition coefficient (Wildman–Crippen LogP) is 7.12. The molecule has 0 bridgehead atoms. The number of thioether (sulfide) groups is 4. The molecule has 8 aromatic rings. The lowest BCUT2D eigenvalue weighted by molar-refractivity contribution is 0.125. The first kappa shape index (κ1) is 47.6. The lowest BCUT2D eigenvalue weighted by Gasteiger charge is -2.21. The molecule has 4 heterocycles. The maximum absolute atomic E-state index is 11.1. The smallest absolute Gasteiger partial charge is 0.174 e. The second-order valence-corrected chi connectivity index (χ2v) is 22.4. The maximum Gasteiger partial charge on any atom is 0.174 e. The van der Waals surface area contributed by atoms with E-state index in [0.717, 1.165) is 50.0 Å². The molecule has 340 valence electrons. The molecule has 0 aliphatic carbocycles. The van der Waals surface area contributed by atoms with Crippen molar-refractivity contribution < 1.29 is 39.4 Å². The van der Waals surface area contributed by atoms with Crippen molar-refractivity contribution in [1.82, 2.24) is 40.8 Å². The fourth-order valence-corrected chi connectivity index (χ4v) is 11.9. The monoisotopic (exact) mass is 1030 g/mol. The Morgan fingerprint density at radius 3 is 1.08 bits per heavy atom. The summed E-state index contributed by atoms with van der Waals surface area (Å²) in [5.74, 6) is 3.68. The summed E-state index contributed by atoms with van der Waals surface area (Å²) in [4.78, 5) is 0. The molecule has 0 saturated heterocycles. The number of benzene rings is 4. The van der Waals surface area contributed by atoms with Gasteiger partial charge >= 0.3 is 0 Å². The van der Waals surface area contributed by atoms with Crippen molar-refractivity contribution in [2.24, 2.45) is 0 Å². The predicted molar refractivity (Wildman–Crippen MR) is 259 cm³/mol. The quantitative estimate of drug-likeness (QED) is 0.0397. The summed E-state index contributed by atoms with van der Waals surface area (Å²) >= 11 is 11.3. The van der Waals surface area contributed by atoms with Gasteiger partial charge in [0, 0.05) is 40.6 Å². The van der Waals surface area contributed by atoms with E-state index >= 15 is 0 Å². The molecule has 4 aromatic heterocycles. The molecule has 0 aliphatic heterocycles. The SMILES string of the molecule is OC(COc1ccc2ccc(OCC(O)CSc3nncs3)c(Cc3c(OCC(O)CSc4nncs4)ccc4ccc(OCC(O)CSc5nncs5)cc34)c2c1)CSc1nncs1. The normalized spacial score (nSPS) is 13.5. The highest BCUT2D eigenvalue weighted by atomic mass is 32.2. The van der Waals surface area contributed by atoms with Crippen LogP contribution in [-0.4, -0.2) is 135 Å². The van der Waals surface area contributed by atoms with Gasteiger partial charge in [0.1, 0.15) is 71.5 Å². The van der Waals surface area contributed by atoms with Crippen LogP contribution in [0, 0.1) is 0 Å². The van der Waals surface area contributed by atoms with Crippen molar-refractivity contribution in [3.8, 4) is 23.0 Å². The Morgan fingerprint density at radius 2 is 0.754 bits per heavy atom. The van der Waals surface area contributed by atoms with E-state index in [2.05, 4.69) is 40.8 Å². The van der Waals surface area contributed by atoms with Crippen LogP contribution in [0.4, 0.5) is 0 Å². The molecule has 0 spiro atoms. The second kappa shape index (κ2) is 24.2. The molecule has 4 unspecified atom stereocenters. The van der Waals surface area contributed by atoms with Crippen LogP contribution in [0.2, 0.25) is 0 Å². The van der Waals surface area contributed by atoms with Crippen molar-refractivity contribution >= 4 is 114 Å². The first-order valence-corrected chi connectivity index (χ1v) is 27.2. The zero-order chi connectivity index (χ0) is 44.8. The van der Waals surface area contributed by atoms with E-state index in [-0.39, 0.29) is 26.4 Å². The standard InChI is InChI=1S/C41H40N8O8S8/c50-26(16-58-38-46-42-20-62-38)12-54-30-5-1-24-3-7-36(56-14-28(52)18-60-40-48-44-22-64-40)34(32(24)9-30)11-35-33-10-31(55-13-27(51)17-59-39-47-43-21-63-39)6-2-25(33)4-8-37(35)57-15-29(53)19-61-41-49-45-23-65-41/h1-10,20-23,26-29,50-53H,11-19H2. The van der Waals surface area contributed by atoms with Gasteiger partial charge in [-0.2, -0.15) is 0 Å². The van der Waals surface area contributed by atoms with E-state index in [1.54, 1.807) is 22.0 Å². The second-order valence-electron chi connectivity index (χ2n) is 13.9. The molecule has 0 amide bonds. The minimum absolute atomic E-state index is 0.00794. The van der Waals surface area contributed by atoms with Gasteiger partial charge in [0.2, 0.25) is 0 Å². The molecule has 8 rings (SSSR count). The molecule has 4 aromatic carbocycles. The average molecular weight is 1030 g/mol. The Kier molecular flexibility index (Phi) is 17.7. The van der Waals surface area contributed by atoms with E-state index in [0.29, 0.717) is 52.4 Å². The van der Waals surface area contributed by atoms with E-state index in [1.165, 1.54) is 92.4 Å². The Morgan fingerprint density at radius 1 is 0.431 bits per heavy atom. The number of hydrogen-bond donors (Lipinski definition) is 4. The molecule has 0 aliphatic rings. The summed E-state index contributed by atoms with van der Waals surface area (Å²) in [6.45, 7) is 0.128. The number of nitrogens with zero attached hydrogens (tertiary/aromatic N) is 8. The van der Waals surface area contributed by atoms with Crippen LogP contribution in [0.25, 0.3) is 21.5 Å². The van der Waals surface area contributed by atoms with Crippen molar-refractivity contribution in [3.63, 3.8) is 0 Å². The van der Waals surface area contributed by atoms with Crippen LogP contribution in [0.15, 0.2) is 100 Å². The van der Waals surface area contributed by atoms with E-state index in [1.807, 2.05) is 60.7 Å². The van der Waals surface area contributed by atoms with E-state index in [4.69, 9.17) is 18.9 Å². The highest BCUT2D eigenvalue weighted by Gasteiger charge is 2.20. The van der Waals surface area contributed by atoms with Gasteiger partial charge in [-0.1, -0.05) is 117 Å². The fraction of sp³-hybridized carbons (Fsp3) is 0.317. The molecule has 0 radical (unpaired) electrons. The number of rotatable bonds is 26. The molecule has 24 heteroatoms. The summed E-state index contributed by atoms with van der Waals surface area (Å²) in [6.07, 6.45) is -2.86. The van der Waals surface area contributed by atoms with Gasteiger partial charge in [0.05, 0.1) is 24.4 Å². The molecule has 4 atom stereocenters. The Bertz CT molecular complexity index is 2480. The summed E-state index contributed by atoms with van der Waals surface area (Å²) < 4.78 is 28.3. The van der Waals surface area contributed by atoms with Gasteiger partial charge in [-0.15, -0.1) is 40.8 Å². The number of ether oxygens (including phenoxy) is 4. The third-order valence-corrected chi connectivity index (χ3v) is 17.2. The van der Waals surface area contributed by atoms with E-state index < -0.39 is 24.4 Å². The van der Waals surface area contributed by atoms with Gasteiger partial charge in [0.25, 0.3) is 0 Å². The molecule has 0 saturated carbocycles. The van der Waals surface area contributed by atoms with Gasteiger partial charge in [-0.05, 0) is 57.9 Å². The lowest BCUT2D eigenvalue weighted by Crippen LogP contribution is -2.21. The molecule has 65 heavy (non-hydrogen) atoms. The fourth-order valence-electron chi connectivity index (χ4n) is 6.20. The van der Waals surface area contributed by atoms with Crippen LogP contribution < -0.4 is 18.9 Å². The minimum atomic E-state index is -0.815. The molecule has 4 N–H and O–H groups in total. The minimum Gasteiger partial charge on any atom is -0.491 e. The van der Waals surface area contributed by atoms with Crippen LogP contribution >= 0.6 is 92.4 Å². The summed E-state index contributed by atoms with van der Waals surface area (Å²) in [6, 6.07) is 19.2. The number of fused-ring (bicyclic) bond motifs is 2. The maximum atomic E-state index is 11.1. The van der Waals surface area contributed by atoms with Crippen molar-refractivity contribution in [2.75, 3.05) is 49.4 Å². The van der Waals surface area contributed by atoms with Crippen LogP contribution in [0.1, 0.15) is 11.1 Å². The van der Waals surface area contributed by atoms with E-state index in [9.17, 15) is 20.4 Å². The number of aliphatic hydroxyl groups is 4. The van der Waals surface area contributed by atoms with Crippen LogP contribution in [-0.2, 0) is 6.42 Å². The third-order valence-electron chi connectivity index (χ3n) is 9.18. The average Bonchev–Trinajstić information content (AvgIpc) is 4.19. The Labute approximate surface area is 405 Å². The molecule has 16 nitrogen and oxygen atoms in total. The number of aromatic nitrogens is 8. The lowest BCUT2D eigenvalue weighted by atomic mass is 9.93. The summed E-state index contributed by atoms with van der Waals surface area (Å²) in [7, 11) is 0. The van der Waals surface area contributed by atoms with Crippen molar-refractivity contribution in [3.05, 3.63) is 93.8 Å². The van der Waals surface area contributed by atoms with Crippen molar-refractivity contribution in [2.45, 2.75) is 48.2 Å². The Balaban J connectivity index is 1.10. The van der Waals surface area contributed by atoms with Crippen molar-refractivity contribution in [1.29, 1.82) is 0 Å². The van der Waals surface area contributed by atoms with Gasteiger partial charge in [0.15, 0.2) is 17.4 Å². The summed E-state index contributed by atoms with van der Waals surface area (Å²) in [5.41, 5.74) is 8.19. The highest BCUT2D eigenvalue weighted by Crippen LogP contribution is 2.39. The summed E-state index contributed by atoms with van der Waals surface area (Å²) in [5, 5.41) is 78.9. The first-order chi connectivity index (χ1) is 31.8. The van der Waals surface area contributed by atoms with Crippen LogP contribution in [0.3, 0.4) is 0 Å². The van der Waals surface area contributed by atoms with Gasteiger partial charge in [-0.3, -0.25) is 0 Å². The Hall–Kier alpha value is -3.92. The first-order valence-electron chi connectivity index (χ1n) is 19.7.